The molecule has 0 spiro atoms. The second-order valence-electron chi connectivity index (χ2n) is 4.16. The third kappa shape index (κ3) is 2.72. The highest BCUT2D eigenvalue weighted by Crippen LogP contribution is 2.09. The van der Waals surface area contributed by atoms with E-state index < -0.39 is 0 Å². The van der Waals surface area contributed by atoms with Gasteiger partial charge in [-0.25, -0.2) is 0 Å². The van der Waals surface area contributed by atoms with E-state index in [-0.39, 0.29) is 29.8 Å². The van der Waals surface area contributed by atoms with Crippen molar-refractivity contribution in [1.82, 2.24) is 10.6 Å². The second kappa shape index (κ2) is 4.44. The summed E-state index contributed by atoms with van der Waals surface area (Å²) in [5.74, 6) is 0.130. The van der Waals surface area contributed by atoms with Crippen molar-refractivity contribution in [3.63, 3.8) is 0 Å². The quantitative estimate of drug-likeness (QED) is 0.676. The fourth-order valence-corrected chi connectivity index (χ4v) is 1.51. The molecule has 0 bridgehead atoms. The molecule has 2 atom stereocenters. The van der Waals surface area contributed by atoms with Gasteiger partial charge in [0.05, 0.1) is 0 Å². The number of amides is 2. The highest BCUT2D eigenvalue weighted by Gasteiger charge is 2.26. The maximum atomic E-state index is 11.4. The first-order valence-corrected chi connectivity index (χ1v) is 5.10. The van der Waals surface area contributed by atoms with E-state index in [2.05, 4.69) is 10.6 Å². The van der Waals surface area contributed by atoms with Gasteiger partial charge in [0, 0.05) is 24.4 Å². The van der Waals surface area contributed by atoms with E-state index in [4.69, 9.17) is 0 Å². The summed E-state index contributed by atoms with van der Waals surface area (Å²) in [6.07, 6.45) is 1.25. The summed E-state index contributed by atoms with van der Waals surface area (Å²) in [5.41, 5.74) is 0. The zero-order valence-corrected chi connectivity index (χ0v) is 8.96. The summed E-state index contributed by atoms with van der Waals surface area (Å²) in [6.45, 7) is 5.64. The zero-order valence-electron chi connectivity index (χ0n) is 8.96. The highest BCUT2D eigenvalue weighted by molar-refractivity contribution is 5.80. The monoisotopic (exact) mass is 198 g/mol. The van der Waals surface area contributed by atoms with Gasteiger partial charge < -0.3 is 10.6 Å². The van der Waals surface area contributed by atoms with E-state index in [9.17, 15) is 9.59 Å². The van der Waals surface area contributed by atoms with Gasteiger partial charge in [-0.3, -0.25) is 9.59 Å². The molecular weight excluding hydrogens is 180 g/mol. The van der Waals surface area contributed by atoms with E-state index in [1.54, 1.807) is 0 Å². The Labute approximate surface area is 84.4 Å². The summed E-state index contributed by atoms with van der Waals surface area (Å²) >= 11 is 0. The number of carbonyl (C=O) groups excluding carboxylic acids is 2. The molecule has 1 fully saturated rings. The van der Waals surface area contributed by atoms with Gasteiger partial charge in [0.2, 0.25) is 11.8 Å². The number of piperidine rings is 1. The van der Waals surface area contributed by atoms with Crippen LogP contribution in [-0.4, -0.2) is 23.9 Å². The molecule has 4 nitrogen and oxygen atoms in total. The van der Waals surface area contributed by atoms with Crippen molar-refractivity contribution in [1.29, 1.82) is 0 Å². The van der Waals surface area contributed by atoms with Crippen LogP contribution in [0.4, 0.5) is 0 Å². The third-order valence-corrected chi connectivity index (χ3v) is 2.53. The Morgan fingerprint density at radius 1 is 1.57 bits per heavy atom. The third-order valence-electron chi connectivity index (χ3n) is 2.53. The largest absolute Gasteiger partial charge is 0.352 e. The van der Waals surface area contributed by atoms with Crippen LogP contribution in [0.1, 0.15) is 33.6 Å². The van der Waals surface area contributed by atoms with Crippen LogP contribution in [0.2, 0.25) is 0 Å². The molecule has 2 amide bonds. The van der Waals surface area contributed by atoms with Crippen LogP contribution in [0.5, 0.6) is 0 Å². The van der Waals surface area contributed by atoms with E-state index in [0.717, 1.165) is 6.42 Å². The standard InChI is InChI=1S/C10H18N2O2/c1-6(2)10(14)12-8-4-5-9(13)11-7(8)3/h6-8H,4-5H2,1-3H3,(H,11,13)(H,12,14). The van der Waals surface area contributed by atoms with E-state index in [1.165, 1.54) is 0 Å². The smallest absolute Gasteiger partial charge is 0.222 e. The number of carbonyl (C=O) groups is 2. The molecule has 1 heterocycles. The van der Waals surface area contributed by atoms with Crippen LogP contribution < -0.4 is 10.6 Å². The van der Waals surface area contributed by atoms with Crippen LogP contribution in [0.25, 0.3) is 0 Å². The molecule has 1 saturated heterocycles. The van der Waals surface area contributed by atoms with Gasteiger partial charge in [-0.1, -0.05) is 13.8 Å². The Hall–Kier alpha value is -1.06. The lowest BCUT2D eigenvalue weighted by molar-refractivity contribution is -0.128. The molecular formula is C10H18N2O2. The van der Waals surface area contributed by atoms with Crippen LogP contribution in [0.3, 0.4) is 0 Å². The van der Waals surface area contributed by atoms with Gasteiger partial charge in [0.15, 0.2) is 0 Å². The molecule has 1 aliphatic heterocycles. The average molecular weight is 198 g/mol. The molecule has 0 aromatic carbocycles. The first-order valence-electron chi connectivity index (χ1n) is 5.10. The topological polar surface area (TPSA) is 58.2 Å². The summed E-state index contributed by atoms with van der Waals surface area (Å²) in [7, 11) is 0. The molecule has 0 aromatic rings. The van der Waals surface area contributed by atoms with E-state index in [1.807, 2.05) is 20.8 Å². The maximum absolute atomic E-state index is 11.4. The Morgan fingerprint density at radius 2 is 2.21 bits per heavy atom. The summed E-state index contributed by atoms with van der Waals surface area (Å²) in [5, 5.41) is 5.75. The zero-order chi connectivity index (χ0) is 10.7. The molecule has 1 rings (SSSR count). The Balaban J connectivity index is 2.45. The molecule has 4 heteroatoms. The fourth-order valence-electron chi connectivity index (χ4n) is 1.51. The minimum atomic E-state index is -0.000159. The normalized spacial score (nSPS) is 27.3. The van der Waals surface area contributed by atoms with Gasteiger partial charge in [0.1, 0.15) is 0 Å². The van der Waals surface area contributed by atoms with Crippen molar-refractivity contribution in [2.45, 2.75) is 45.7 Å². The molecule has 0 aliphatic carbocycles. The highest BCUT2D eigenvalue weighted by atomic mass is 16.2. The number of hydrogen-bond donors (Lipinski definition) is 2. The first kappa shape index (κ1) is 11.0. The number of nitrogens with one attached hydrogen (secondary N) is 2. The van der Waals surface area contributed by atoms with Crippen LogP contribution in [0.15, 0.2) is 0 Å². The van der Waals surface area contributed by atoms with Gasteiger partial charge in [-0.2, -0.15) is 0 Å². The molecule has 0 saturated carbocycles. The molecule has 2 unspecified atom stereocenters. The van der Waals surface area contributed by atoms with E-state index in [0.29, 0.717) is 6.42 Å². The minimum Gasteiger partial charge on any atom is -0.352 e. The Morgan fingerprint density at radius 3 is 2.71 bits per heavy atom. The first-order chi connectivity index (χ1) is 6.50. The van der Waals surface area contributed by atoms with Crippen molar-refractivity contribution in [3.8, 4) is 0 Å². The average Bonchev–Trinajstić information content (AvgIpc) is 2.09. The van der Waals surface area contributed by atoms with Crippen molar-refractivity contribution in [2.75, 3.05) is 0 Å². The lowest BCUT2D eigenvalue weighted by Crippen LogP contribution is -2.54. The summed E-state index contributed by atoms with van der Waals surface area (Å²) in [4.78, 5) is 22.4. The van der Waals surface area contributed by atoms with Crippen LogP contribution in [-0.2, 0) is 9.59 Å². The molecule has 14 heavy (non-hydrogen) atoms. The molecule has 0 aromatic heterocycles. The van der Waals surface area contributed by atoms with Crippen molar-refractivity contribution in [3.05, 3.63) is 0 Å². The van der Waals surface area contributed by atoms with Crippen molar-refractivity contribution >= 4 is 11.8 Å². The number of rotatable bonds is 2. The summed E-state index contributed by atoms with van der Waals surface area (Å²) < 4.78 is 0. The van der Waals surface area contributed by atoms with Crippen LogP contribution in [0, 0.1) is 5.92 Å². The predicted molar refractivity (Wildman–Crippen MR) is 53.6 cm³/mol. The lowest BCUT2D eigenvalue weighted by atomic mass is 9.98. The van der Waals surface area contributed by atoms with Crippen LogP contribution >= 0.6 is 0 Å². The molecule has 80 valence electrons. The van der Waals surface area contributed by atoms with Gasteiger partial charge >= 0.3 is 0 Å². The minimum absolute atomic E-state index is 0.000159. The molecule has 1 aliphatic rings. The van der Waals surface area contributed by atoms with E-state index >= 15 is 0 Å². The maximum Gasteiger partial charge on any atom is 0.222 e. The second-order valence-corrected chi connectivity index (χ2v) is 4.16. The Bertz CT molecular complexity index is 238. The van der Waals surface area contributed by atoms with Gasteiger partial charge in [-0.15, -0.1) is 0 Å². The van der Waals surface area contributed by atoms with Crippen molar-refractivity contribution < 1.29 is 9.59 Å². The van der Waals surface area contributed by atoms with Gasteiger partial charge in [-0.05, 0) is 13.3 Å². The lowest BCUT2D eigenvalue weighted by Gasteiger charge is -2.30. The van der Waals surface area contributed by atoms with Gasteiger partial charge in [0.25, 0.3) is 0 Å². The fraction of sp³-hybridized carbons (Fsp3) is 0.800. The predicted octanol–water partition coefficient (Wildman–Crippen LogP) is 0.426. The SMILES string of the molecule is CC(C)C(=O)NC1CCC(=O)NC1C. The molecule has 0 radical (unpaired) electrons. The van der Waals surface area contributed by atoms with Crippen molar-refractivity contribution in [2.24, 2.45) is 5.92 Å². The number of hydrogen-bond acceptors (Lipinski definition) is 2. The summed E-state index contributed by atoms with van der Waals surface area (Å²) in [6, 6.07) is 0.126. The molecule has 2 N–H and O–H groups in total. The Kier molecular flexibility index (Phi) is 3.49.